The summed E-state index contributed by atoms with van der Waals surface area (Å²) in [5.41, 5.74) is 1.96. The lowest BCUT2D eigenvalue weighted by Crippen LogP contribution is -2.33. The van der Waals surface area contributed by atoms with Crippen LogP contribution in [0.4, 0.5) is 0 Å². The molecule has 7 nitrogen and oxygen atoms in total. The fraction of sp³-hybridized carbons (Fsp3) is 0.500. The van der Waals surface area contributed by atoms with Crippen molar-refractivity contribution in [1.82, 2.24) is 15.1 Å². The van der Waals surface area contributed by atoms with E-state index in [1.807, 2.05) is 24.3 Å². The Labute approximate surface area is 165 Å². The van der Waals surface area contributed by atoms with E-state index in [2.05, 4.69) is 10.4 Å². The summed E-state index contributed by atoms with van der Waals surface area (Å²) in [6.45, 7) is 0. The number of carbonyl (C=O) groups excluding carboxylic acids is 1. The van der Waals surface area contributed by atoms with E-state index in [1.54, 1.807) is 17.9 Å². The number of rotatable bonds is 5. The van der Waals surface area contributed by atoms with Crippen LogP contribution in [0.15, 0.2) is 30.3 Å². The minimum absolute atomic E-state index is 0.0571. The summed E-state index contributed by atoms with van der Waals surface area (Å²) in [4.78, 5) is 12.7. The van der Waals surface area contributed by atoms with Crippen LogP contribution in [0.2, 0.25) is 0 Å². The molecule has 1 aliphatic heterocycles. The summed E-state index contributed by atoms with van der Waals surface area (Å²) in [6.07, 6.45) is 4.78. The van der Waals surface area contributed by atoms with Crippen LogP contribution in [-0.2, 0) is 9.84 Å². The van der Waals surface area contributed by atoms with Crippen molar-refractivity contribution in [3.05, 3.63) is 36.0 Å². The lowest BCUT2D eigenvalue weighted by Gasteiger charge is -2.13. The molecule has 2 aliphatic rings. The summed E-state index contributed by atoms with van der Waals surface area (Å²) in [6, 6.07) is 9.19. The Morgan fingerprint density at radius 2 is 1.89 bits per heavy atom. The van der Waals surface area contributed by atoms with E-state index in [1.165, 1.54) is 0 Å². The molecular formula is C20H25N3O4S. The molecule has 2 heterocycles. The number of hydrogen-bond acceptors (Lipinski definition) is 5. The number of methoxy groups -OCH3 is 1. The van der Waals surface area contributed by atoms with Crippen LogP contribution in [0, 0.1) is 0 Å². The van der Waals surface area contributed by atoms with E-state index in [0.717, 1.165) is 42.7 Å². The molecule has 1 N–H and O–H groups in total. The van der Waals surface area contributed by atoms with Gasteiger partial charge in [0.2, 0.25) is 0 Å². The van der Waals surface area contributed by atoms with E-state index < -0.39 is 9.84 Å². The Balaban J connectivity index is 1.67. The summed E-state index contributed by atoms with van der Waals surface area (Å²) < 4.78 is 30.9. The van der Waals surface area contributed by atoms with E-state index in [-0.39, 0.29) is 29.5 Å². The zero-order chi connectivity index (χ0) is 19.7. The third-order valence-corrected chi connectivity index (χ3v) is 7.35. The topological polar surface area (TPSA) is 90.3 Å². The van der Waals surface area contributed by atoms with Crippen LogP contribution in [0.3, 0.4) is 0 Å². The Morgan fingerprint density at radius 3 is 2.50 bits per heavy atom. The highest BCUT2D eigenvalue weighted by Crippen LogP contribution is 2.31. The van der Waals surface area contributed by atoms with Gasteiger partial charge in [0.05, 0.1) is 30.4 Å². The maximum Gasteiger partial charge on any atom is 0.272 e. The van der Waals surface area contributed by atoms with Crippen molar-refractivity contribution >= 4 is 15.7 Å². The lowest BCUT2D eigenvalue weighted by atomic mass is 10.1. The minimum atomic E-state index is -3.06. The second kappa shape index (κ2) is 7.58. The van der Waals surface area contributed by atoms with Gasteiger partial charge in [0.15, 0.2) is 15.5 Å². The monoisotopic (exact) mass is 403 g/mol. The first-order chi connectivity index (χ1) is 13.4. The Bertz CT molecular complexity index is 960. The highest BCUT2D eigenvalue weighted by molar-refractivity contribution is 7.91. The van der Waals surface area contributed by atoms with Crippen molar-refractivity contribution in [2.75, 3.05) is 18.6 Å². The van der Waals surface area contributed by atoms with Crippen LogP contribution in [0.25, 0.3) is 11.3 Å². The second-order valence-electron chi connectivity index (χ2n) is 7.60. The normalized spacial score (nSPS) is 21.7. The van der Waals surface area contributed by atoms with Crippen molar-refractivity contribution in [2.45, 2.75) is 44.2 Å². The molecule has 1 amide bonds. The number of hydrogen-bond donors (Lipinski definition) is 1. The fourth-order valence-corrected chi connectivity index (χ4v) is 5.75. The quantitative estimate of drug-likeness (QED) is 0.829. The molecule has 0 unspecified atom stereocenters. The SMILES string of the molecule is COc1ccc(-c2cc(C(=O)NC3CCCC3)nn2[C@@H]2CCS(=O)(=O)C2)cc1. The third kappa shape index (κ3) is 3.92. The van der Waals surface area contributed by atoms with Crippen LogP contribution in [-0.4, -0.2) is 48.8 Å². The smallest absolute Gasteiger partial charge is 0.272 e. The number of benzene rings is 1. The summed E-state index contributed by atoms with van der Waals surface area (Å²) in [7, 11) is -1.46. The summed E-state index contributed by atoms with van der Waals surface area (Å²) in [5.74, 6) is 0.753. The standard InChI is InChI=1S/C20H25N3O4S/c1-27-17-8-6-14(7-9-17)19-12-18(20(24)21-15-4-2-3-5-15)22-23(19)16-10-11-28(25,26)13-16/h6-9,12,15-16H,2-5,10-11,13H2,1H3,(H,21,24)/t16-/m1/s1. The van der Waals surface area contributed by atoms with Gasteiger partial charge in [-0.15, -0.1) is 0 Å². The van der Waals surface area contributed by atoms with Gasteiger partial charge in [-0.3, -0.25) is 9.48 Å². The molecule has 4 rings (SSSR count). The Hall–Kier alpha value is -2.35. The highest BCUT2D eigenvalue weighted by Gasteiger charge is 2.32. The Morgan fingerprint density at radius 1 is 1.18 bits per heavy atom. The van der Waals surface area contributed by atoms with Crippen LogP contribution >= 0.6 is 0 Å². The lowest BCUT2D eigenvalue weighted by molar-refractivity contribution is 0.0931. The molecule has 1 saturated carbocycles. The number of amides is 1. The maximum absolute atomic E-state index is 12.7. The molecule has 8 heteroatoms. The van der Waals surface area contributed by atoms with E-state index in [4.69, 9.17) is 4.74 Å². The van der Waals surface area contributed by atoms with Crippen LogP contribution < -0.4 is 10.1 Å². The number of carbonyl (C=O) groups is 1. The number of sulfone groups is 1. The molecule has 1 atom stereocenters. The zero-order valence-corrected chi connectivity index (χ0v) is 16.7. The first-order valence-electron chi connectivity index (χ1n) is 9.70. The third-order valence-electron chi connectivity index (χ3n) is 5.60. The average molecular weight is 404 g/mol. The van der Waals surface area contributed by atoms with Gasteiger partial charge in [-0.25, -0.2) is 8.42 Å². The maximum atomic E-state index is 12.7. The largest absolute Gasteiger partial charge is 0.497 e. The molecule has 150 valence electrons. The molecule has 2 fully saturated rings. The molecule has 2 aromatic rings. The fourth-order valence-electron chi connectivity index (χ4n) is 4.06. The van der Waals surface area contributed by atoms with Crippen molar-refractivity contribution < 1.29 is 17.9 Å². The average Bonchev–Trinajstić information content (AvgIpc) is 3.41. The first-order valence-corrected chi connectivity index (χ1v) is 11.5. The molecule has 0 radical (unpaired) electrons. The molecule has 1 aliphatic carbocycles. The molecule has 0 spiro atoms. The summed E-state index contributed by atoms with van der Waals surface area (Å²) in [5, 5.41) is 7.59. The highest BCUT2D eigenvalue weighted by atomic mass is 32.2. The van der Waals surface area contributed by atoms with Crippen molar-refractivity contribution in [3.63, 3.8) is 0 Å². The van der Waals surface area contributed by atoms with Gasteiger partial charge in [-0.2, -0.15) is 5.10 Å². The number of ether oxygens (including phenoxy) is 1. The van der Waals surface area contributed by atoms with Gasteiger partial charge in [0.1, 0.15) is 5.75 Å². The van der Waals surface area contributed by atoms with E-state index >= 15 is 0 Å². The molecule has 1 aromatic heterocycles. The van der Waals surface area contributed by atoms with E-state index in [0.29, 0.717) is 12.1 Å². The molecule has 28 heavy (non-hydrogen) atoms. The van der Waals surface area contributed by atoms with Gasteiger partial charge in [-0.1, -0.05) is 12.8 Å². The van der Waals surface area contributed by atoms with E-state index in [9.17, 15) is 13.2 Å². The zero-order valence-electron chi connectivity index (χ0n) is 15.9. The number of aromatic nitrogens is 2. The molecule has 1 saturated heterocycles. The number of nitrogens with one attached hydrogen (secondary N) is 1. The molecule has 1 aromatic carbocycles. The molecule has 0 bridgehead atoms. The predicted octanol–water partition coefficient (Wildman–Crippen LogP) is 2.59. The van der Waals surface area contributed by atoms with Crippen LogP contribution in [0.1, 0.15) is 48.6 Å². The van der Waals surface area contributed by atoms with Crippen molar-refractivity contribution in [3.8, 4) is 17.0 Å². The van der Waals surface area contributed by atoms with Gasteiger partial charge in [0, 0.05) is 11.6 Å². The van der Waals surface area contributed by atoms with Crippen molar-refractivity contribution in [1.29, 1.82) is 0 Å². The van der Waals surface area contributed by atoms with Crippen molar-refractivity contribution in [2.24, 2.45) is 0 Å². The second-order valence-corrected chi connectivity index (χ2v) is 9.83. The molecular weight excluding hydrogens is 378 g/mol. The van der Waals surface area contributed by atoms with Gasteiger partial charge in [0.25, 0.3) is 5.91 Å². The number of nitrogens with zero attached hydrogens (tertiary/aromatic N) is 2. The Kier molecular flexibility index (Phi) is 5.14. The van der Waals surface area contributed by atoms with Gasteiger partial charge < -0.3 is 10.1 Å². The summed E-state index contributed by atoms with van der Waals surface area (Å²) >= 11 is 0. The van der Waals surface area contributed by atoms with Crippen LogP contribution in [0.5, 0.6) is 5.75 Å². The predicted molar refractivity (Wildman–Crippen MR) is 106 cm³/mol. The first kappa shape index (κ1) is 19.0. The minimum Gasteiger partial charge on any atom is -0.497 e. The van der Waals surface area contributed by atoms with Gasteiger partial charge >= 0.3 is 0 Å². The van der Waals surface area contributed by atoms with Gasteiger partial charge in [-0.05, 0) is 49.6 Å².